The minimum absolute atomic E-state index is 0.00253. The van der Waals surface area contributed by atoms with E-state index in [0.29, 0.717) is 28.2 Å². The van der Waals surface area contributed by atoms with Gasteiger partial charge in [0.15, 0.2) is 23.5 Å². The molecule has 0 spiro atoms. The van der Waals surface area contributed by atoms with Crippen molar-refractivity contribution in [2.45, 2.75) is 18.8 Å². The second-order valence-corrected chi connectivity index (χ2v) is 8.47. The van der Waals surface area contributed by atoms with Crippen LogP contribution in [-0.4, -0.2) is 31.0 Å². The molecule has 174 valence electrons. The summed E-state index contributed by atoms with van der Waals surface area (Å²) in [7, 11) is 1.76. The van der Waals surface area contributed by atoms with E-state index >= 15 is 0 Å². The van der Waals surface area contributed by atoms with E-state index in [1.54, 1.807) is 23.7 Å². The molecule has 5 aromatic rings. The average Bonchev–Trinajstić information content (AvgIpc) is 3.49. The topological polar surface area (TPSA) is 86.7 Å². The molecule has 0 unspecified atom stereocenters. The first-order valence-corrected chi connectivity index (χ1v) is 10.8. The van der Waals surface area contributed by atoms with Gasteiger partial charge >= 0.3 is 0 Å². The van der Waals surface area contributed by atoms with Crippen LogP contribution < -0.4 is 0 Å². The summed E-state index contributed by atoms with van der Waals surface area (Å²) < 4.78 is 50.0. The Kier molecular flexibility index (Phi) is 4.77. The summed E-state index contributed by atoms with van der Waals surface area (Å²) in [4.78, 5) is 20.0. The number of nitrogens with zero attached hydrogens (tertiary/aromatic N) is 5. The maximum absolute atomic E-state index is 14.5. The van der Waals surface area contributed by atoms with Gasteiger partial charge in [0, 0.05) is 24.2 Å². The van der Waals surface area contributed by atoms with E-state index in [9.17, 15) is 18.0 Å². The number of carbonyl (C=O) groups excluding carboxylic acids is 1. The third-order valence-corrected chi connectivity index (χ3v) is 6.02. The number of aldehydes is 1. The van der Waals surface area contributed by atoms with Gasteiger partial charge in [-0.2, -0.15) is 4.39 Å². The molecule has 0 saturated heterocycles. The molecule has 0 amide bonds. The van der Waals surface area contributed by atoms with Gasteiger partial charge in [-0.3, -0.25) is 4.79 Å². The van der Waals surface area contributed by atoms with E-state index in [-0.39, 0.29) is 23.6 Å². The molecule has 10 heteroatoms. The van der Waals surface area contributed by atoms with Gasteiger partial charge in [-0.1, -0.05) is 6.07 Å². The molecule has 3 heterocycles. The predicted octanol–water partition coefficient (Wildman–Crippen LogP) is 5.46. The van der Waals surface area contributed by atoms with Crippen LogP contribution in [0.5, 0.6) is 0 Å². The smallest absolute Gasteiger partial charge is 0.246 e. The summed E-state index contributed by atoms with van der Waals surface area (Å²) in [5.41, 5.74) is 2.17. The van der Waals surface area contributed by atoms with Crippen LogP contribution in [0.15, 0.2) is 47.1 Å². The van der Waals surface area contributed by atoms with E-state index in [4.69, 9.17) is 4.42 Å². The Labute approximate surface area is 196 Å². The summed E-state index contributed by atoms with van der Waals surface area (Å²) in [5.74, 6) is -2.31. The Morgan fingerprint density at radius 3 is 2.57 bits per heavy atom. The van der Waals surface area contributed by atoms with Gasteiger partial charge in [0.05, 0.1) is 5.56 Å². The number of halogens is 3. The number of hydrogen-bond donors (Lipinski definition) is 0. The summed E-state index contributed by atoms with van der Waals surface area (Å²) in [5, 5.41) is 8.02. The van der Waals surface area contributed by atoms with Crippen LogP contribution in [0.3, 0.4) is 0 Å². The molecule has 1 aliphatic rings. The molecule has 0 radical (unpaired) electrons. The Bertz CT molecular complexity index is 1640. The number of aryl methyl sites for hydroxylation is 1. The fourth-order valence-corrected chi connectivity index (χ4v) is 4.10. The Balaban J connectivity index is 1.56. The number of oxazole rings is 1. The molecule has 2 aromatic carbocycles. The summed E-state index contributed by atoms with van der Waals surface area (Å²) >= 11 is 0. The summed E-state index contributed by atoms with van der Waals surface area (Å²) in [6.07, 6.45) is 3.67. The standard InChI is InChI=1S/C25H16F3N5O2/c1-33-11-29-32-24(33)17-9-15(26)4-5-16(17)13-6-18(12-2-3-12)30-20(7-13)25-31-19-8-14(10-34)21(27)22(28)23(19)35-25/h4-12H,2-3H2,1H3. The molecule has 1 aliphatic carbocycles. The molecule has 3 aromatic heterocycles. The molecule has 0 N–H and O–H groups in total. The quantitative estimate of drug-likeness (QED) is 0.314. The number of pyridine rings is 1. The Hall–Kier alpha value is -4.34. The fraction of sp³-hybridized carbons (Fsp3) is 0.160. The molecular weight excluding hydrogens is 459 g/mol. The van der Waals surface area contributed by atoms with Crippen LogP contribution in [0.1, 0.15) is 34.8 Å². The zero-order chi connectivity index (χ0) is 24.3. The van der Waals surface area contributed by atoms with Crippen molar-refractivity contribution in [3.05, 3.63) is 71.4 Å². The molecule has 0 atom stereocenters. The van der Waals surface area contributed by atoms with Crippen molar-refractivity contribution in [3.8, 4) is 34.1 Å². The van der Waals surface area contributed by atoms with Gasteiger partial charge < -0.3 is 8.98 Å². The van der Waals surface area contributed by atoms with E-state index < -0.39 is 28.6 Å². The van der Waals surface area contributed by atoms with E-state index in [1.165, 1.54) is 18.5 Å². The van der Waals surface area contributed by atoms with Crippen LogP contribution in [0.4, 0.5) is 13.2 Å². The van der Waals surface area contributed by atoms with Crippen molar-refractivity contribution >= 4 is 17.4 Å². The van der Waals surface area contributed by atoms with E-state index in [0.717, 1.165) is 24.6 Å². The third kappa shape index (κ3) is 3.58. The molecule has 1 saturated carbocycles. The third-order valence-electron chi connectivity index (χ3n) is 6.02. The Morgan fingerprint density at radius 2 is 1.86 bits per heavy atom. The second-order valence-electron chi connectivity index (χ2n) is 8.47. The monoisotopic (exact) mass is 475 g/mol. The number of aromatic nitrogens is 5. The van der Waals surface area contributed by atoms with Crippen molar-refractivity contribution in [1.82, 2.24) is 24.7 Å². The van der Waals surface area contributed by atoms with Crippen molar-refractivity contribution in [2.24, 2.45) is 7.05 Å². The van der Waals surface area contributed by atoms with Gasteiger partial charge in [-0.05, 0) is 54.3 Å². The highest BCUT2D eigenvalue weighted by atomic mass is 19.2. The van der Waals surface area contributed by atoms with Gasteiger partial charge in [0.1, 0.15) is 23.4 Å². The summed E-state index contributed by atoms with van der Waals surface area (Å²) in [6.45, 7) is 0. The van der Waals surface area contributed by atoms with Crippen molar-refractivity contribution in [1.29, 1.82) is 0 Å². The molecule has 35 heavy (non-hydrogen) atoms. The number of fused-ring (bicyclic) bond motifs is 1. The highest BCUT2D eigenvalue weighted by Gasteiger charge is 2.28. The maximum atomic E-state index is 14.5. The van der Waals surface area contributed by atoms with Crippen LogP contribution in [0, 0.1) is 17.5 Å². The molecular formula is C25H16F3N5O2. The minimum Gasteiger partial charge on any atom is -0.431 e. The van der Waals surface area contributed by atoms with Crippen LogP contribution >= 0.6 is 0 Å². The lowest BCUT2D eigenvalue weighted by Crippen LogP contribution is -1.97. The predicted molar refractivity (Wildman–Crippen MR) is 120 cm³/mol. The average molecular weight is 475 g/mol. The fourth-order valence-electron chi connectivity index (χ4n) is 4.10. The van der Waals surface area contributed by atoms with Crippen molar-refractivity contribution in [3.63, 3.8) is 0 Å². The first kappa shape index (κ1) is 21.2. The van der Waals surface area contributed by atoms with E-state index in [1.807, 2.05) is 6.07 Å². The molecule has 6 rings (SSSR count). The lowest BCUT2D eigenvalue weighted by atomic mass is 9.97. The van der Waals surface area contributed by atoms with Gasteiger partial charge in [0.25, 0.3) is 0 Å². The largest absolute Gasteiger partial charge is 0.431 e. The van der Waals surface area contributed by atoms with Gasteiger partial charge in [-0.25, -0.2) is 18.7 Å². The minimum atomic E-state index is -1.30. The van der Waals surface area contributed by atoms with Crippen LogP contribution in [0.25, 0.3) is 45.2 Å². The van der Waals surface area contributed by atoms with Gasteiger partial charge in [0.2, 0.25) is 11.7 Å². The lowest BCUT2D eigenvalue weighted by Gasteiger charge is -2.12. The highest BCUT2D eigenvalue weighted by molar-refractivity contribution is 5.86. The molecule has 1 fully saturated rings. The number of benzene rings is 2. The van der Waals surface area contributed by atoms with Crippen LogP contribution in [-0.2, 0) is 7.05 Å². The van der Waals surface area contributed by atoms with Crippen molar-refractivity contribution in [2.75, 3.05) is 0 Å². The number of hydrogen-bond acceptors (Lipinski definition) is 6. The van der Waals surface area contributed by atoms with Crippen LogP contribution in [0.2, 0.25) is 0 Å². The first-order chi connectivity index (χ1) is 16.9. The summed E-state index contributed by atoms with van der Waals surface area (Å²) in [6, 6.07) is 9.12. The molecule has 0 bridgehead atoms. The van der Waals surface area contributed by atoms with Crippen molar-refractivity contribution < 1.29 is 22.4 Å². The molecule has 7 nitrogen and oxygen atoms in total. The zero-order valence-corrected chi connectivity index (χ0v) is 18.3. The maximum Gasteiger partial charge on any atom is 0.246 e. The lowest BCUT2D eigenvalue weighted by molar-refractivity contribution is 0.111. The SMILES string of the molecule is Cn1cnnc1-c1cc(F)ccc1-c1cc(-c2nc3cc(C=O)c(F)c(F)c3o2)nc(C2CC2)c1. The second kappa shape index (κ2) is 7.86. The molecule has 0 aliphatic heterocycles. The Morgan fingerprint density at radius 1 is 1.03 bits per heavy atom. The first-order valence-electron chi connectivity index (χ1n) is 10.8. The van der Waals surface area contributed by atoms with Gasteiger partial charge in [-0.15, -0.1) is 10.2 Å². The zero-order valence-electron chi connectivity index (χ0n) is 18.3. The highest BCUT2D eigenvalue weighted by Crippen LogP contribution is 2.42. The number of carbonyl (C=O) groups is 1. The van der Waals surface area contributed by atoms with E-state index in [2.05, 4.69) is 20.2 Å². The normalized spacial score (nSPS) is 13.5. The number of rotatable bonds is 5.